The Morgan fingerprint density at radius 1 is 1.47 bits per heavy atom. The number of allylic oxidation sites excluding steroid dienone is 1. The highest BCUT2D eigenvalue weighted by Crippen LogP contribution is 2.25. The molecule has 1 heterocycles. The SMILES string of the molecule is O=C(C1=CCCO1)c1cc(Cl)ccc1Br. The summed E-state index contributed by atoms with van der Waals surface area (Å²) in [5.41, 5.74) is 0.538. The van der Waals surface area contributed by atoms with Gasteiger partial charge in [0.25, 0.3) is 0 Å². The molecule has 0 radical (unpaired) electrons. The second kappa shape index (κ2) is 4.37. The molecule has 1 aromatic rings. The van der Waals surface area contributed by atoms with E-state index in [-0.39, 0.29) is 5.78 Å². The summed E-state index contributed by atoms with van der Waals surface area (Å²) in [6, 6.07) is 5.12. The van der Waals surface area contributed by atoms with Crippen molar-refractivity contribution in [1.29, 1.82) is 0 Å². The second-order valence-corrected chi connectivity index (χ2v) is 4.45. The zero-order valence-corrected chi connectivity index (χ0v) is 10.1. The zero-order chi connectivity index (χ0) is 10.8. The van der Waals surface area contributed by atoms with Gasteiger partial charge in [0.15, 0.2) is 5.76 Å². The quantitative estimate of drug-likeness (QED) is 0.777. The zero-order valence-electron chi connectivity index (χ0n) is 7.80. The smallest absolute Gasteiger partial charge is 0.228 e. The molecule has 4 heteroatoms. The summed E-state index contributed by atoms with van der Waals surface area (Å²) in [7, 11) is 0. The highest BCUT2D eigenvalue weighted by molar-refractivity contribution is 9.10. The molecule has 0 saturated heterocycles. The van der Waals surface area contributed by atoms with Crippen LogP contribution in [-0.4, -0.2) is 12.4 Å². The van der Waals surface area contributed by atoms with Crippen LogP contribution < -0.4 is 0 Å². The van der Waals surface area contributed by atoms with Gasteiger partial charge in [-0.15, -0.1) is 0 Å². The number of hydrogen-bond donors (Lipinski definition) is 0. The largest absolute Gasteiger partial charge is 0.489 e. The van der Waals surface area contributed by atoms with E-state index in [2.05, 4.69) is 15.9 Å². The normalized spacial score (nSPS) is 14.7. The molecule has 0 N–H and O–H groups in total. The number of hydrogen-bond acceptors (Lipinski definition) is 2. The molecular formula is C11H8BrClO2. The predicted octanol–water partition coefficient (Wildman–Crippen LogP) is 3.59. The number of rotatable bonds is 2. The second-order valence-electron chi connectivity index (χ2n) is 3.16. The average molecular weight is 288 g/mol. The van der Waals surface area contributed by atoms with Crippen molar-refractivity contribution >= 4 is 33.3 Å². The number of carbonyl (C=O) groups is 1. The van der Waals surface area contributed by atoms with Gasteiger partial charge in [-0.3, -0.25) is 4.79 Å². The maximum Gasteiger partial charge on any atom is 0.228 e. The molecule has 1 aliphatic rings. The summed E-state index contributed by atoms with van der Waals surface area (Å²) in [5.74, 6) is 0.292. The number of ether oxygens (including phenoxy) is 1. The Balaban J connectivity index is 2.36. The van der Waals surface area contributed by atoms with Crippen molar-refractivity contribution < 1.29 is 9.53 Å². The van der Waals surface area contributed by atoms with Gasteiger partial charge >= 0.3 is 0 Å². The van der Waals surface area contributed by atoms with Crippen molar-refractivity contribution in [2.45, 2.75) is 6.42 Å². The Morgan fingerprint density at radius 3 is 2.93 bits per heavy atom. The standard InChI is InChI=1S/C11H8BrClO2/c12-9-4-3-7(13)6-8(9)11(14)10-2-1-5-15-10/h2-4,6H,1,5H2. The Bertz CT molecular complexity index is 440. The molecular weight excluding hydrogens is 279 g/mol. The first-order chi connectivity index (χ1) is 7.18. The van der Waals surface area contributed by atoms with Crippen LogP contribution >= 0.6 is 27.5 Å². The molecule has 0 spiro atoms. The Kier molecular flexibility index (Phi) is 3.12. The number of Topliss-reactive ketones (excluding diaryl/α,β-unsaturated/α-hetero) is 1. The summed E-state index contributed by atoms with van der Waals surface area (Å²) < 4.78 is 5.94. The molecule has 1 aliphatic heterocycles. The topological polar surface area (TPSA) is 26.3 Å². The van der Waals surface area contributed by atoms with Crippen LogP contribution in [0, 0.1) is 0 Å². The van der Waals surface area contributed by atoms with Crippen LogP contribution in [0.2, 0.25) is 5.02 Å². The molecule has 15 heavy (non-hydrogen) atoms. The van der Waals surface area contributed by atoms with Gasteiger partial charge < -0.3 is 4.74 Å². The maximum atomic E-state index is 11.9. The average Bonchev–Trinajstić information content (AvgIpc) is 2.74. The monoisotopic (exact) mass is 286 g/mol. The van der Waals surface area contributed by atoms with Crippen molar-refractivity contribution in [1.82, 2.24) is 0 Å². The lowest BCUT2D eigenvalue weighted by Gasteiger charge is -2.05. The fourth-order valence-electron chi connectivity index (χ4n) is 1.38. The van der Waals surface area contributed by atoms with E-state index in [1.54, 1.807) is 24.3 Å². The van der Waals surface area contributed by atoms with Crippen molar-refractivity contribution in [2.24, 2.45) is 0 Å². The van der Waals surface area contributed by atoms with Crippen LogP contribution in [0.4, 0.5) is 0 Å². The van der Waals surface area contributed by atoms with E-state index in [1.165, 1.54) is 0 Å². The predicted molar refractivity (Wildman–Crippen MR) is 62.1 cm³/mol. The van der Waals surface area contributed by atoms with Crippen LogP contribution in [0.15, 0.2) is 34.5 Å². The molecule has 0 unspecified atom stereocenters. The van der Waals surface area contributed by atoms with E-state index in [0.717, 1.165) is 10.9 Å². The molecule has 0 fully saturated rings. The van der Waals surface area contributed by atoms with Crippen LogP contribution in [-0.2, 0) is 4.74 Å². The van der Waals surface area contributed by atoms with Gasteiger partial charge in [0, 0.05) is 21.5 Å². The molecule has 2 nitrogen and oxygen atoms in total. The summed E-state index contributed by atoms with van der Waals surface area (Å²) in [4.78, 5) is 11.9. The molecule has 2 rings (SSSR count). The van der Waals surface area contributed by atoms with Gasteiger partial charge in [0.1, 0.15) is 0 Å². The fourth-order valence-corrected chi connectivity index (χ4v) is 1.98. The van der Waals surface area contributed by atoms with E-state index in [1.807, 2.05) is 0 Å². The van der Waals surface area contributed by atoms with Crippen LogP contribution in [0.3, 0.4) is 0 Å². The van der Waals surface area contributed by atoms with Gasteiger partial charge in [-0.05, 0) is 24.3 Å². The fraction of sp³-hybridized carbons (Fsp3) is 0.182. The van der Waals surface area contributed by atoms with E-state index in [0.29, 0.717) is 23.0 Å². The van der Waals surface area contributed by atoms with Gasteiger partial charge in [0.05, 0.1) is 6.61 Å². The summed E-state index contributed by atoms with van der Waals surface area (Å²) in [5, 5.41) is 0.542. The van der Waals surface area contributed by atoms with E-state index < -0.39 is 0 Å². The molecule has 0 bridgehead atoms. The Morgan fingerprint density at radius 2 is 2.27 bits per heavy atom. The van der Waals surface area contributed by atoms with Gasteiger partial charge in [-0.1, -0.05) is 27.5 Å². The lowest BCUT2D eigenvalue weighted by molar-refractivity contribution is 0.0941. The molecule has 0 aromatic heterocycles. The third kappa shape index (κ3) is 2.24. The third-order valence-corrected chi connectivity index (χ3v) is 3.03. The van der Waals surface area contributed by atoms with Gasteiger partial charge in [-0.2, -0.15) is 0 Å². The molecule has 78 valence electrons. The lowest BCUT2D eigenvalue weighted by Crippen LogP contribution is -2.04. The highest BCUT2D eigenvalue weighted by Gasteiger charge is 2.19. The summed E-state index contributed by atoms with van der Waals surface area (Å²) in [6.07, 6.45) is 2.59. The Labute approximate surface area is 101 Å². The first-order valence-electron chi connectivity index (χ1n) is 4.51. The highest BCUT2D eigenvalue weighted by atomic mass is 79.9. The third-order valence-electron chi connectivity index (χ3n) is 2.10. The van der Waals surface area contributed by atoms with Crippen molar-refractivity contribution in [2.75, 3.05) is 6.61 Å². The van der Waals surface area contributed by atoms with Crippen molar-refractivity contribution in [3.63, 3.8) is 0 Å². The lowest BCUT2D eigenvalue weighted by atomic mass is 10.1. The number of benzene rings is 1. The van der Waals surface area contributed by atoms with Crippen LogP contribution in [0.25, 0.3) is 0 Å². The molecule has 0 amide bonds. The number of halogens is 2. The van der Waals surface area contributed by atoms with Crippen LogP contribution in [0.1, 0.15) is 16.8 Å². The first-order valence-corrected chi connectivity index (χ1v) is 5.68. The minimum Gasteiger partial charge on any atom is -0.489 e. The number of carbonyl (C=O) groups excluding carboxylic acids is 1. The van der Waals surface area contributed by atoms with E-state index >= 15 is 0 Å². The van der Waals surface area contributed by atoms with Crippen molar-refractivity contribution in [3.05, 3.63) is 45.1 Å². The van der Waals surface area contributed by atoms with Crippen molar-refractivity contribution in [3.8, 4) is 0 Å². The van der Waals surface area contributed by atoms with E-state index in [9.17, 15) is 4.79 Å². The summed E-state index contributed by atoms with van der Waals surface area (Å²) in [6.45, 7) is 0.583. The molecule has 1 aromatic carbocycles. The molecule has 0 atom stereocenters. The molecule has 0 aliphatic carbocycles. The molecule has 0 saturated carbocycles. The van der Waals surface area contributed by atoms with Gasteiger partial charge in [-0.25, -0.2) is 0 Å². The number of ketones is 1. The summed E-state index contributed by atoms with van der Waals surface area (Å²) >= 11 is 9.15. The minimum atomic E-state index is -0.123. The minimum absolute atomic E-state index is 0.123. The van der Waals surface area contributed by atoms with Crippen LogP contribution in [0.5, 0.6) is 0 Å². The maximum absolute atomic E-state index is 11.9. The first kappa shape index (κ1) is 10.7. The van der Waals surface area contributed by atoms with Gasteiger partial charge in [0.2, 0.25) is 5.78 Å². The van der Waals surface area contributed by atoms with E-state index in [4.69, 9.17) is 16.3 Å². The Hall–Kier alpha value is -0.800.